The van der Waals surface area contributed by atoms with Gasteiger partial charge in [-0.25, -0.2) is 4.98 Å². The molecule has 0 aliphatic carbocycles. The van der Waals surface area contributed by atoms with Gasteiger partial charge in [0.25, 0.3) is 0 Å². The number of piperidine rings is 1. The fourth-order valence-electron chi connectivity index (χ4n) is 2.11. The molecule has 17 heavy (non-hydrogen) atoms. The van der Waals surface area contributed by atoms with E-state index in [1.165, 1.54) is 24.4 Å². The maximum Gasteiger partial charge on any atom is 0.205 e. The number of nitrogens with zero attached hydrogens (tertiary/aromatic N) is 3. The molecule has 0 spiro atoms. The third-order valence-corrected chi connectivity index (χ3v) is 4.06. The molecule has 2 heterocycles. The van der Waals surface area contributed by atoms with E-state index in [1.807, 2.05) is 6.92 Å². The van der Waals surface area contributed by atoms with Crippen molar-refractivity contribution in [2.45, 2.75) is 38.3 Å². The minimum absolute atomic E-state index is 0.0406. The highest BCUT2D eigenvalue weighted by Gasteiger charge is 2.24. The van der Waals surface area contributed by atoms with E-state index in [1.54, 1.807) is 7.11 Å². The van der Waals surface area contributed by atoms with Crippen molar-refractivity contribution in [3.05, 3.63) is 5.82 Å². The van der Waals surface area contributed by atoms with Crippen LogP contribution in [0.25, 0.3) is 0 Å². The lowest BCUT2D eigenvalue weighted by atomic mass is 10.0. The lowest BCUT2D eigenvalue weighted by Crippen LogP contribution is -2.44. The summed E-state index contributed by atoms with van der Waals surface area (Å²) in [5.41, 5.74) is 5.81. The molecule has 1 aromatic rings. The molecular weight excluding hydrogens is 236 g/mol. The van der Waals surface area contributed by atoms with Crippen LogP contribution in [0.15, 0.2) is 0 Å². The Morgan fingerprint density at radius 2 is 2.41 bits per heavy atom. The molecule has 0 bridgehead atoms. The Balaban J connectivity index is 2.12. The monoisotopic (exact) mass is 256 g/mol. The van der Waals surface area contributed by atoms with E-state index in [2.05, 4.69) is 14.3 Å². The fourth-order valence-corrected chi connectivity index (χ4v) is 2.96. The minimum atomic E-state index is -0.0406. The van der Waals surface area contributed by atoms with Gasteiger partial charge in [0.1, 0.15) is 6.10 Å². The standard InChI is InChI=1S/C11H20N4OS/c1-8(16-2)10-13-11(17-14-10)15-6-4-3-5-9(15)7-12/h8-9H,3-7,12H2,1-2H3. The second-order valence-corrected chi connectivity index (χ2v) is 5.12. The van der Waals surface area contributed by atoms with Crippen LogP contribution in [0.5, 0.6) is 0 Å². The van der Waals surface area contributed by atoms with E-state index in [9.17, 15) is 0 Å². The Kier molecular flexibility index (Phi) is 4.31. The van der Waals surface area contributed by atoms with Gasteiger partial charge in [-0.1, -0.05) is 0 Å². The number of aromatic nitrogens is 2. The molecule has 5 nitrogen and oxygen atoms in total. The molecule has 2 atom stereocenters. The van der Waals surface area contributed by atoms with Crippen LogP contribution in [-0.2, 0) is 4.74 Å². The topological polar surface area (TPSA) is 64.3 Å². The first kappa shape index (κ1) is 12.7. The molecule has 1 aliphatic rings. The van der Waals surface area contributed by atoms with Crippen LogP contribution >= 0.6 is 11.5 Å². The van der Waals surface area contributed by atoms with E-state index in [0.717, 1.165) is 23.9 Å². The smallest absolute Gasteiger partial charge is 0.205 e. The molecule has 6 heteroatoms. The summed E-state index contributed by atoms with van der Waals surface area (Å²) in [5.74, 6) is 0.772. The summed E-state index contributed by atoms with van der Waals surface area (Å²) < 4.78 is 9.58. The number of hydrogen-bond acceptors (Lipinski definition) is 6. The SMILES string of the molecule is COC(C)c1nsc(N2CCCCC2CN)n1. The van der Waals surface area contributed by atoms with E-state index >= 15 is 0 Å². The zero-order valence-corrected chi connectivity index (χ0v) is 11.2. The average Bonchev–Trinajstić information content (AvgIpc) is 2.87. The lowest BCUT2D eigenvalue weighted by molar-refractivity contribution is 0.113. The molecule has 1 aliphatic heterocycles. The van der Waals surface area contributed by atoms with Crippen LogP contribution in [0.2, 0.25) is 0 Å². The van der Waals surface area contributed by atoms with Crippen LogP contribution in [0, 0.1) is 0 Å². The van der Waals surface area contributed by atoms with Crippen LogP contribution in [0.1, 0.15) is 38.1 Å². The summed E-state index contributed by atoms with van der Waals surface area (Å²) in [7, 11) is 1.68. The Labute approximate surface area is 106 Å². The molecule has 0 amide bonds. The molecule has 1 fully saturated rings. The first-order valence-electron chi connectivity index (χ1n) is 6.09. The Bertz CT molecular complexity index is 357. The minimum Gasteiger partial charge on any atom is -0.374 e. The van der Waals surface area contributed by atoms with E-state index in [0.29, 0.717) is 12.6 Å². The van der Waals surface area contributed by atoms with Gasteiger partial charge in [-0.2, -0.15) is 4.37 Å². The van der Waals surface area contributed by atoms with Crippen LogP contribution < -0.4 is 10.6 Å². The molecule has 2 unspecified atom stereocenters. The van der Waals surface area contributed by atoms with E-state index < -0.39 is 0 Å². The van der Waals surface area contributed by atoms with Gasteiger partial charge in [0.2, 0.25) is 5.13 Å². The molecule has 2 rings (SSSR count). The summed E-state index contributed by atoms with van der Waals surface area (Å²) in [6.45, 7) is 3.69. The van der Waals surface area contributed by atoms with E-state index in [-0.39, 0.29) is 6.10 Å². The van der Waals surface area contributed by atoms with Gasteiger partial charge >= 0.3 is 0 Å². The summed E-state index contributed by atoms with van der Waals surface area (Å²) in [6, 6.07) is 0.419. The largest absolute Gasteiger partial charge is 0.374 e. The second kappa shape index (κ2) is 5.75. The first-order chi connectivity index (χ1) is 8.26. The third-order valence-electron chi connectivity index (χ3n) is 3.29. The molecule has 0 saturated carbocycles. The first-order valence-corrected chi connectivity index (χ1v) is 6.86. The predicted octanol–water partition coefficient (Wildman–Crippen LogP) is 1.56. The Morgan fingerprint density at radius 1 is 1.59 bits per heavy atom. The highest BCUT2D eigenvalue weighted by atomic mass is 32.1. The second-order valence-electron chi connectivity index (χ2n) is 4.39. The lowest BCUT2D eigenvalue weighted by Gasteiger charge is -2.34. The number of hydrogen-bond donors (Lipinski definition) is 1. The van der Waals surface area contributed by atoms with E-state index in [4.69, 9.17) is 10.5 Å². The van der Waals surface area contributed by atoms with Crippen molar-refractivity contribution in [1.82, 2.24) is 9.36 Å². The van der Waals surface area contributed by atoms with Crippen molar-refractivity contribution in [3.8, 4) is 0 Å². The summed E-state index contributed by atoms with van der Waals surface area (Å²) in [6.07, 6.45) is 3.59. The maximum absolute atomic E-state index is 5.81. The molecular formula is C11H20N4OS. The summed E-state index contributed by atoms with van der Waals surface area (Å²) in [4.78, 5) is 6.85. The van der Waals surface area contributed by atoms with Gasteiger partial charge in [0.15, 0.2) is 5.82 Å². The number of anilines is 1. The van der Waals surface area contributed by atoms with Crippen LogP contribution in [-0.4, -0.2) is 35.6 Å². The number of nitrogens with two attached hydrogens (primary N) is 1. The molecule has 96 valence electrons. The zero-order valence-electron chi connectivity index (χ0n) is 10.4. The van der Waals surface area contributed by atoms with Crippen molar-refractivity contribution >= 4 is 16.7 Å². The molecule has 0 aromatic carbocycles. The number of methoxy groups -OCH3 is 1. The van der Waals surface area contributed by atoms with Gasteiger partial charge in [-0.3, -0.25) is 0 Å². The highest BCUT2D eigenvalue weighted by Crippen LogP contribution is 2.27. The van der Waals surface area contributed by atoms with Gasteiger partial charge in [-0.05, 0) is 26.2 Å². The van der Waals surface area contributed by atoms with Gasteiger partial charge in [-0.15, -0.1) is 0 Å². The van der Waals surface area contributed by atoms with Gasteiger partial charge < -0.3 is 15.4 Å². The van der Waals surface area contributed by atoms with Crippen molar-refractivity contribution in [1.29, 1.82) is 0 Å². The van der Waals surface area contributed by atoms with Crippen molar-refractivity contribution in [2.24, 2.45) is 5.73 Å². The fraction of sp³-hybridized carbons (Fsp3) is 0.818. The van der Waals surface area contributed by atoms with Crippen molar-refractivity contribution in [2.75, 3.05) is 25.1 Å². The Morgan fingerprint density at radius 3 is 3.12 bits per heavy atom. The molecule has 1 saturated heterocycles. The number of rotatable bonds is 4. The zero-order chi connectivity index (χ0) is 12.3. The van der Waals surface area contributed by atoms with Crippen molar-refractivity contribution in [3.63, 3.8) is 0 Å². The molecule has 1 aromatic heterocycles. The average molecular weight is 256 g/mol. The van der Waals surface area contributed by atoms with Gasteiger partial charge in [0.05, 0.1) is 0 Å². The molecule has 2 N–H and O–H groups in total. The quantitative estimate of drug-likeness (QED) is 0.885. The third kappa shape index (κ3) is 2.75. The van der Waals surface area contributed by atoms with Crippen molar-refractivity contribution < 1.29 is 4.74 Å². The normalized spacial score (nSPS) is 22.8. The highest BCUT2D eigenvalue weighted by molar-refractivity contribution is 7.09. The summed E-state index contributed by atoms with van der Waals surface area (Å²) in [5, 5.41) is 0.985. The van der Waals surface area contributed by atoms with Crippen LogP contribution in [0.3, 0.4) is 0 Å². The maximum atomic E-state index is 5.81. The Hall–Kier alpha value is -0.720. The van der Waals surface area contributed by atoms with Crippen LogP contribution in [0.4, 0.5) is 5.13 Å². The van der Waals surface area contributed by atoms with Gasteiger partial charge in [0, 0.05) is 37.8 Å². The molecule has 0 radical (unpaired) electrons. The predicted molar refractivity (Wildman–Crippen MR) is 69.4 cm³/mol. The number of ether oxygens (including phenoxy) is 1. The summed E-state index contributed by atoms with van der Waals surface area (Å²) >= 11 is 1.45.